The molecule has 2 saturated carbocycles. The van der Waals surface area contributed by atoms with E-state index in [1.54, 1.807) is 7.05 Å². The fourth-order valence-corrected chi connectivity index (χ4v) is 4.69. The summed E-state index contributed by atoms with van der Waals surface area (Å²) in [5, 5.41) is 6.93. The van der Waals surface area contributed by atoms with Gasteiger partial charge in [-0.15, -0.1) is 24.0 Å². The molecule has 0 bridgehead atoms. The van der Waals surface area contributed by atoms with Crippen LogP contribution in [0.3, 0.4) is 0 Å². The molecule has 1 heterocycles. The van der Waals surface area contributed by atoms with E-state index in [9.17, 15) is 13.2 Å². The molecule has 3 aliphatic rings. The van der Waals surface area contributed by atoms with Crippen LogP contribution in [0.1, 0.15) is 56.1 Å². The highest BCUT2D eigenvalue weighted by atomic mass is 127. The molecule has 8 heteroatoms. The zero-order chi connectivity index (χ0) is 20.5. The Balaban J connectivity index is 0.00000256. The molecule has 1 aromatic carbocycles. The van der Waals surface area contributed by atoms with E-state index in [0.29, 0.717) is 12.6 Å². The number of rotatable bonds is 5. The van der Waals surface area contributed by atoms with E-state index in [1.807, 2.05) is 6.07 Å². The van der Waals surface area contributed by atoms with E-state index >= 15 is 0 Å². The van der Waals surface area contributed by atoms with Crippen molar-refractivity contribution in [3.05, 3.63) is 35.4 Å². The van der Waals surface area contributed by atoms with Crippen LogP contribution in [-0.2, 0) is 11.6 Å². The van der Waals surface area contributed by atoms with Gasteiger partial charge in [-0.3, -0.25) is 4.99 Å². The molecule has 30 heavy (non-hydrogen) atoms. The molecule has 0 amide bonds. The maximum absolute atomic E-state index is 13.1. The summed E-state index contributed by atoms with van der Waals surface area (Å²) in [4.78, 5) is 6.95. The highest BCUT2D eigenvalue weighted by Gasteiger charge is 2.40. The number of alkyl halides is 3. The molecule has 4 rings (SSSR count). The number of piperidine rings is 1. The molecule has 0 radical (unpaired) electrons. The second-order valence-corrected chi connectivity index (χ2v) is 8.82. The van der Waals surface area contributed by atoms with Crippen molar-refractivity contribution >= 4 is 29.9 Å². The number of likely N-dealkylation sites (tertiary alicyclic amines) is 1. The average Bonchev–Trinajstić information content (AvgIpc) is 3.51. The van der Waals surface area contributed by atoms with Gasteiger partial charge in [0, 0.05) is 44.2 Å². The van der Waals surface area contributed by atoms with Gasteiger partial charge in [0.25, 0.3) is 0 Å². The molecule has 1 saturated heterocycles. The lowest BCUT2D eigenvalue weighted by Crippen LogP contribution is -2.52. The largest absolute Gasteiger partial charge is 0.416 e. The Kier molecular flexibility index (Phi) is 7.58. The van der Waals surface area contributed by atoms with E-state index in [4.69, 9.17) is 0 Å². The first-order valence-electron chi connectivity index (χ1n) is 10.8. The molecule has 2 N–H and O–H groups in total. The Morgan fingerprint density at radius 1 is 1.17 bits per heavy atom. The molecule has 168 valence electrons. The summed E-state index contributed by atoms with van der Waals surface area (Å²) in [6, 6.07) is 7.06. The Morgan fingerprint density at radius 2 is 1.87 bits per heavy atom. The summed E-state index contributed by atoms with van der Waals surface area (Å²) in [5.74, 6) is 0.758. The SMILES string of the molecule is CN=C(NCC1(c2cccc(C(F)(F)F)c2)CCC1)NC1CCN(C2CC2)CC1.I. The fraction of sp³-hybridized carbons (Fsp3) is 0.682. The fourth-order valence-electron chi connectivity index (χ4n) is 4.69. The second-order valence-electron chi connectivity index (χ2n) is 8.82. The minimum Gasteiger partial charge on any atom is -0.356 e. The maximum Gasteiger partial charge on any atom is 0.416 e. The summed E-state index contributed by atoms with van der Waals surface area (Å²) >= 11 is 0. The smallest absolute Gasteiger partial charge is 0.356 e. The van der Waals surface area contributed by atoms with Crippen molar-refractivity contribution in [3.8, 4) is 0 Å². The Labute approximate surface area is 194 Å². The van der Waals surface area contributed by atoms with Crippen molar-refractivity contribution in [2.45, 2.75) is 68.6 Å². The lowest BCUT2D eigenvalue weighted by atomic mass is 9.64. The Bertz CT molecular complexity index is 736. The first-order chi connectivity index (χ1) is 13.9. The molecule has 0 atom stereocenters. The Hall–Kier alpha value is -1.03. The quantitative estimate of drug-likeness (QED) is 0.330. The van der Waals surface area contributed by atoms with Gasteiger partial charge in [-0.2, -0.15) is 13.2 Å². The van der Waals surface area contributed by atoms with Gasteiger partial charge in [-0.05, 0) is 50.2 Å². The standard InChI is InChI=1S/C22H31F3N4.HI/c1-26-20(28-18-8-12-29(13-9-18)19-6-7-19)27-15-21(10-3-11-21)16-4-2-5-17(14-16)22(23,24)25;/h2,4-5,14,18-19H,3,6-13,15H2,1H3,(H2,26,27,28);1H. The highest BCUT2D eigenvalue weighted by molar-refractivity contribution is 14.0. The molecular weight excluding hydrogens is 504 g/mol. The van der Waals surface area contributed by atoms with Crippen molar-refractivity contribution < 1.29 is 13.2 Å². The molecule has 3 fully saturated rings. The van der Waals surface area contributed by atoms with Gasteiger partial charge in [-0.1, -0.05) is 24.6 Å². The summed E-state index contributed by atoms with van der Waals surface area (Å²) in [6.45, 7) is 2.87. The normalized spacial score (nSPS) is 22.7. The number of nitrogens with zero attached hydrogens (tertiary/aromatic N) is 2. The molecule has 2 aliphatic carbocycles. The third-order valence-corrected chi connectivity index (χ3v) is 6.86. The lowest BCUT2D eigenvalue weighted by Gasteiger charge is -2.43. The first kappa shape index (κ1) is 23.6. The number of nitrogens with one attached hydrogen (secondary N) is 2. The van der Waals surface area contributed by atoms with Crippen LogP contribution in [0.2, 0.25) is 0 Å². The van der Waals surface area contributed by atoms with E-state index in [0.717, 1.165) is 68.8 Å². The summed E-state index contributed by atoms with van der Waals surface area (Å²) in [5.41, 5.74) is -0.0284. The van der Waals surface area contributed by atoms with Crippen molar-refractivity contribution in [2.75, 3.05) is 26.7 Å². The van der Waals surface area contributed by atoms with Crippen LogP contribution in [-0.4, -0.2) is 49.6 Å². The number of aliphatic imine (C=N–C) groups is 1. The molecule has 4 nitrogen and oxygen atoms in total. The third kappa shape index (κ3) is 5.41. The minimum atomic E-state index is -4.30. The maximum atomic E-state index is 13.1. The van der Waals surface area contributed by atoms with Crippen LogP contribution in [0.5, 0.6) is 0 Å². The minimum absolute atomic E-state index is 0. The van der Waals surface area contributed by atoms with Crippen molar-refractivity contribution in [1.82, 2.24) is 15.5 Å². The molecule has 0 aromatic heterocycles. The molecule has 1 aromatic rings. The topological polar surface area (TPSA) is 39.7 Å². The summed E-state index contributed by atoms with van der Waals surface area (Å²) in [6.07, 6.45) is 3.45. The van der Waals surface area contributed by atoms with Gasteiger partial charge < -0.3 is 15.5 Å². The van der Waals surface area contributed by atoms with Crippen LogP contribution in [0.25, 0.3) is 0 Å². The van der Waals surface area contributed by atoms with E-state index in [1.165, 1.54) is 25.0 Å². The van der Waals surface area contributed by atoms with E-state index < -0.39 is 11.7 Å². The van der Waals surface area contributed by atoms with Crippen LogP contribution < -0.4 is 10.6 Å². The zero-order valence-corrected chi connectivity index (χ0v) is 19.8. The van der Waals surface area contributed by atoms with Gasteiger partial charge in [0.1, 0.15) is 0 Å². The van der Waals surface area contributed by atoms with Crippen molar-refractivity contribution in [2.24, 2.45) is 4.99 Å². The van der Waals surface area contributed by atoms with Crippen LogP contribution in [0.4, 0.5) is 13.2 Å². The van der Waals surface area contributed by atoms with E-state index in [2.05, 4.69) is 20.5 Å². The predicted octanol–water partition coefficient (Wildman–Crippen LogP) is 4.54. The lowest BCUT2D eigenvalue weighted by molar-refractivity contribution is -0.137. The van der Waals surface area contributed by atoms with E-state index in [-0.39, 0.29) is 29.4 Å². The number of hydrogen-bond donors (Lipinski definition) is 2. The van der Waals surface area contributed by atoms with Gasteiger partial charge in [0.15, 0.2) is 5.96 Å². The predicted molar refractivity (Wildman–Crippen MR) is 125 cm³/mol. The van der Waals surface area contributed by atoms with Gasteiger partial charge in [-0.25, -0.2) is 0 Å². The Morgan fingerprint density at radius 3 is 2.40 bits per heavy atom. The number of benzene rings is 1. The third-order valence-electron chi connectivity index (χ3n) is 6.86. The monoisotopic (exact) mass is 536 g/mol. The molecule has 0 unspecified atom stereocenters. The molecule has 1 aliphatic heterocycles. The van der Waals surface area contributed by atoms with Crippen LogP contribution in [0, 0.1) is 0 Å². The van der Waals surface area contributed by atoms with Gasteiger partial charge in [0.05, 0.1) is 5.56 Å². The van der Waals surface area contributed by atoms with Crippen LogP contribution >= 0.6 is 24.0 Å². The summed E-state index contributed by atoms with van der Waals surface area (Å²) in [7, 11) is 1.76. The zero-order valence-electron chi connectivity index (χ0n) is 17.5. The molecular formula is C22H32F3IN4. The van der Waals surface area contributed by atoms with Crippen molar-refractivity contribution in [1.29, 1.82) is 0 Å². The first-order valence-corrected chi connectivity index (χ1v) is 10.8. The highest BCUT2D eigenvalue weighted by Crippen LogP contribution is 2.44. The number of guanidine groups is 1. The van der Waals surface area contributed by atoms with Crippen molar-refractivity contribution in [3.63, 3.8) is 0 Å². The molecule has 0 spiro atoms. The van der Waals surface area contributed by atoms with Gasteiger partial charge in [0.2, 0.25) is 0 Å². The number of halogens is 4. The van der Waals surface area contributed by atoms with Gasteiger partial charge >= 0.3 is 6.18 Å². The number of hydrogen-bond acceptors (Lipinski definition) is 2. The average molecular weight is 536 g/mol. The second kappa shape index (κ2) is 9.63. The summed E-state index contributed by atoms with van der Waals surface area (Å²) < 4.78 is 39.4. The van der Waals surface area contributed by atoms with Crippen LogP contribution in [0.15, 0.2) is 29.3 Å².